The Morgan fingerprint density at radius 2 is 2.00 bits per heavy atom. The van der Waals surface area contributed by atoms with Gasteiger partial charge in [-0.25, -0.2) is 4.79 Å². The van der Waals surface area contributed by atoms with Crippen molar-refractivity contribution in [1.29, 1.82) is 0 Å². The Balaban J connectivity index is 1.54. The molecule has 1 atom stereocenters. The molecular formula is C23H31N3O3. The Morgan fingerprint density at radius 1 is 1.17 bits per heavy atom. The number of urea groups is 1. The third-order valence-electron chi connectivity index (χ3n) is 6.11. The lowest BCUT2D eigenvalue weighted by Crippen LogP contribution is -2.48. The summed E-state index contributed by atoms with van der Waals surface area (Å²) >= 11 is 0. The normalized spacial score (nSPS) is 20.1. The average Bonchev–Trinajstić information content (AvgIpc) is 3.22. The molecule has 2 fully saturated rings. The summed E-state index contributed by atoms with van der Waals surface area (Å²) in [4.78, 5) is 30.5. The number of rotatable bonds is 5. The number of benzene rings is 1. The van der Waals surface area contributed by atoms with Crippen LogP contribution in [0.3, 0.4) is 0 Å². The number of pyridine rings is 1. The third kappa shape index (κ3) is 4.99. The van der Waals surface area contributed by atoms with Crippen LogP contribution < -0.4 is 10.9 Å². The summed E-state index contributed by atoms with van der Waals surface area (Å²) in [6.07, 6.45) is 7.69. The molecule has 2 aromatic rings. The summed E-state index contributed by atoms with van der Waals surface area (Å²) < 4.78 is 5.77. The van der Waals surface area contributed by atoms with E-state index in [-0.39, 0.29) is 30.3 Å². The first kappa shape index (κ1) is 20.0. The summed E-state index contributed by atoms with van der Waals surface area (Å²) in [5.74, 6) is 0. The van der Waals surface area contributed by atoms with Gasteiger partial charge in [-0.05, 0) is 55.7 Å². The Kier molecular flexibility index (Phi) is 6.19. The first-order valence-electron chi connectivity index (χ1n) is 10.9. The third-order valence-corrected chi connectivity index (χ3v) is 6.11. The van der Waals surface area contributed by atoms with E-state index in [1.165, 1.54) is 19.3 Å². The topological polar surface area (TPSA) is 74.4 Å². The van der Waals surface area contributed by atoms with Crippen LogP contribution in [-0.4, -0.2) is 41.2 Å². The summed E-state index contributed by atoms with van der Waals surface area (Å²) in [7, 11) is 0. The van der Waals surface area contributed by atoms with Gasteiger partial charge in [0, 0.05) is 30.3 Å². The van der Waals surface area contributed by atoms with Crippen molar-refractivity contribution in [2.75, 3.05) is 13.2 Å². The number of carbonyl (C=O) groups excluding carboxylic acids is 1. The van der Waals surface area contributed by atoms with Crippen LogP contribution in [0.2, 0.25) is 0 Å². The van der Waals surface area contributed by atoms with Crippen LogP contribution in [0.4, 0.5) is 4.79 Å². The highest BCUT2D eigenvalue weighted by molar-refractivity contribution is 5.80. The number of fused-ring (bicyclic) bond motifs is 1. The Hall–Kier alpha value is -2.34. The van der Waals surface area contributed by atoms with Crippen LogP contribution in [0.25, 0.3) is 10.9 Å². The molecule has 1 aliphatic heterocycles. The number of ether oxygens (including phenoxy) is 1. The maximum Gasteiger partial charge on any atom is 0.318 e. The first-order chi connectivity index (χ1) is 14.1. The number of aromatic nitrogens is 1. The van der Waals surface area contributed by atoms with Gasteiger partial charge < -0.3 is 19.9 Å². The summed E-state index contributed by atoms with van der Waals surface area (Å²) in [5.41, 5.74) is 2.41. The number of nitrogens with one attached hydrogen (secondary N) is 2. The largest absolute Gasteiger partial charge is 0.376 e. The lowest BCUT2D eigenvalue weighted by molar-refractivity contribution is 0.0784. The smallest absolute Gasteiger partial charge is 0.318 e. The number of hydrogen-bond donors (Lipinski definition) is 2. The molecule has 0 spiro atoms. The highest BCUT2D eigenvalue weighted by Gasteiger charge is 2.25. The van der Waals surface area contributed by atoms with Crippen molar-refractivity contribution in [1.82, 2.24) is 15.2 Å². The van der Waals surface area contributed by atoms with E-state index < -0.39 is 0 Å². The van der Waals surface area contributed by atoms with E-state index in [9.17, 15) is 9.59 Å². The van der Waals surface area contributed by atoms with Gasteiger partial charge in [0.25, 0.3) is 5.56 Å². The van der Waals surface area contributed by atoms with Crippen LogP contribution >= 0.6 is 0 Å². The van der Waals surface area contributed by atoms with Gasteiger partial charge in [0.05, 0.1) is 12.6 Å². The molecule has 0 radical (unpaired) electrons. The zero-order valence-electron chi connectivity index (χ0n) is 17.2. The van der Waals surface area contributed by atoms with E-state index in [2.05, 4.69) is 10.3 Å². The zero-order valence-corrected chi connectivity index (χ0v) is 17.2. The molecule has 1 aromatic heterocycles. The van der Waals surface area contributed by atoms with Crippen molar-refractivity contribution in [2.45, 2.75) is 70.6 Å². The van der Waals surface area contributed by atoms with Crippen molar-refractivity contribution < 1.29 is 9.53 Å². The number of nitrogens with zero attached hydrogens (tertiary/aromatic N) is 1. The molecule has 4 rings (SSSR count). The standard InChI is InChI=1S/C23H31N3O3/c1-16-9-10-17-13-18(22(27)25-21(17)12-16)14-26(15-20-8-5-11-29-20)23(28)24-19-6-3-2-4-7-19/h9-10,12-13,19-20H,2-8,11,14-15H2,1H3,(H,24,28)(H,25,27). The highest BCUT2D eigenvalue weighted by atomic mass is 16.5. The maximum atomic E-state index is 13.1. The molecule has 2 N–H and O–H groups in total. The van der Waals surface area contributed by atoms with Crippen LogP contribution in [0.1, 0.15) is 56.1 Å². The highest BCUT2D eigenvalue weighted by Crippen LogP contribution is 2.20. The second kappa shape index (κ2) is 8.99. The van der Waals surface area contributed by atoms with E-state index in [1.54, 1.807) is 4.90 Å². The summed E-state index contributed by atoms with van der Waals surface area (Å²) in [6.45, 7) is 3.56. The van der Waals surface area contributed by atoms with Gasteiger partial charge in [-0.2, -0.15) is 0 Å². The number of aromatic amines is 1. The molecule has 1 unspecified atom stereocenters. The fourth-order valence-corrected chi connectivity index (χ4v) is 4.45. The Bertz CT molecular complexity index is 911. The minimum absolute atomic E-state index is 0.0503. The van der Waals surface area contributed by atoms with Gasteiger partial charge in [0.2, 0.25) is 0 Å². The monoisotopic (exact) mass is 397 g/mol. The van der Waals surface area contributed by atoms with E-state index >= 15 is 0 Å². The molecule has 2 amide bonds. The van der Waals surface area contributed by atoms with Gasteiger partial charge in [0.15, 0.2) is 0 Å². The number of amides is 2. The van der Waals surface area contributed by atoms with E-state index in [0.717, 1.165) is 48.8 Å². The molecule has 156 valence electrons. The molecule has 0 bridgehead atoms. The Labute approximate surface area is 171 Å². The number of aryl methyl sites for hydroxylation is 1. The van der Waals surface area contributed by atoms with Gasteiger partial charge in [-0.1, -0.05) is 31.4 Å². The molecule has 2 heterocycles. The molecule has 1 aromatic carbocycles. The second-order valence-corrected chi connectivity index (χ2v) is 8.51. The number of carbonyl (C=O) groups is 1. The lowest BCUT2D eigenvalue weighted by Gasteiger charge is -2.29. The molecule has 1 saturated carbocycles. The predicted octanol–water partition coefficient (Wildman–Crippen LogP) is 3.86. The average molecular weight is 398 g/mol. The summed E-state index contributed by atoms with van der Waals surface area (Å²) in [6, 6.07) is 8.07. The van der Waals surface area contributed by atoms with E-state index in [4.69, 9.17) is 4.74 Å². The Morgan fingerprint density at radius 3 is 2.76 bits per heavy atom. The molecule has 1 saturated heterocycles. The zero-order chi connectivity index (χ0) is 20.2. The SMILES string of the molecule is Cc1ccc2cc(CN(CC3CCCO3)C(=O)NC3CCCCC3)c(=O)[nH]c2c1. The first-order valence-corrected chi connectivity index (χ1v) is 10.9. The van der Waals surface area contributed by atoms with Gasteiger partial charge >= 0.3 is 6.03 Å². The van der Waals surface area contributed by atoms with E-state index in [0.29, 0.717) is 12.1 Å². The fraction of sp³-hybridized carbons (Fsp3) is 0.565. The minimum atomic E-state index is -0.133. The van der Waals surface area contributed by atoms with Crippen LogP contribution in [0.15, 0.2) is 29.1 Å². The second-order valence-electron chi connectivity index (χ2n) is 8.51. The van der Waals surface area contributed by atoms with E-state index in [1.807, 2.05) is 31.2 Å². The van der Waals surface area contributed by atoms with Crippen molar-refractivity contribution in [2.24, 2.45) is 0 Å². The molecule has 6 heteroatoms. The molecule has 6 nitrogen and oxygen atoms in total. The van der Waals surface area contributed by atoms with Gasteiger partial charge in [-0.3, -0.25) is 4.79 Å². The van der Waals surface area contributed by atoms with Crippen LogP contribution in [0, 0.1) is 6.92 Å². The maximum absolute atomic E-state index is 13.1. The van der Waals surface area contributed by atoms with Crippen LogP contribution in [-0.2, 0) is 11.3 Å². The van der Waals surface area contributed by atoms with Crippen molar-refractivity contribution in [3.63, 3.8) is 0 Å². The van der Waals surface area contributed by atoms with Gasteiger partial charge in [0.1, 0.15) is 0 Å². The molecular weight excluding hydrogens is 366 g/mol. The fourth-order valence-electron chi connectivity index (χ4n) is 4.45. The van der Waals surface area contributed by atoms with Crippen molar-refractivity contribution in [3.05, 3.63) is 45.7 Å². The molecule has 1 aliphatic carbocycles. The number of H-pyrrole nitrogens is 1. The van der Waals surface area contributed by atoms with Gasteiger partial charge in [-0.15, -0.1) is 0 Å². The summed E-state index contributed by atoms with van der Waals surface area (Å²) in [5, 5.41) is 4.18. The van der Waals surface area contributed by atoms with Crippen molar-refractivity contribution in [3.8, 4) is 0 Å². The quantitative estimate of drug-likeness (QED) is 0.804. The minimum Gasteiger partial charge on any atom is -0.376 e. The molecule has 2 aliphatic rings. The number of hydrogen-bond acceptors (Lipinski definition) is 3. The van der Waals surface area contributed by atoms with Crippen LogP contribution in [0.5, 0.6) is 0 Å². The predicted molar refractivity (Wildman–Crippen MR) is 114 cm³/mol. The lowest BCUT2D eigenvalue weighted by atomic mass is 9.96. The molecule has 29 heavy (non-hydrogen) atoms. The van der Waals surface area contributed by atoms with Crippen molar-refractivity contribution >= 4 is 16.9 Å².